The molecule has 1 aromatic carbocycles. The fourth-order valence-corrected chi connectivity index (χ4v) is 2.84. The molecule has 0 bridgehead atoms. The van der Waals surface area contributed by atoms with Crippen molar-refractivity contribution in [2.24, 2.45) is 0 Å². The van der Waals surface area contributed by atoms with Gasteiger partial charge in [-0.15, -0.1) is 0 Å². The minimum absolute atomic E-state index is 0.244. The van der Waals surface area contributed by atoms with Crippen molar-refractivity contribution in [3.63, 3.8) is 0 Å². The third kappa shape index (κ3) is 4.21. The van der Waals surface area contributed by atoms with Crippen LogP contribution in [0.15, 0.2) is 59.6 Å². The molecule has 0 aliphatic carbocycles. The summed E-state index contributed by atoms with van der Waals surface area (Å²) in [5.41, 5.74) is 3.37. The van der Waals surface area contributed by atoms with Crippen molar-refractivity contribution in [2.75, 3.05) is 0 Å². The molecule has 1 amide bonds. The Hall–Kier alpha value is -3.81. The van der Waals surface area contributed by atoms with Gasteiger partial charge in [0.2, 0.25) is 0 Å². The first-order valence-electron chi connectivity index (χ1n) is 9.29. The highest BCUT2D eigenvalue weighted by atomic mass is 16.5. The van der Waals surface area contributed by atoms with Crippen LogP contribution in [0.25, 0.3) is 17.3 Å². The smallest absolute Gasteiger partial charge is 0.271 e. The maximum atomic E-state index is 12.4. The highest BCUT2D eigenvalue weighted by molar-refractivity contribution is 5.92. The van der Waals surface area contributed by atoms with Crippen LogP contribution in [0.3, 0.4) is 0 Å². The molecule has 0 saturated heterocycles. The molecule has 0 saturated carbocycles. The molecule has 0 atom stereocenters. The molecule has 29 heavy (non-hydrogen) atoms. The molecule has 1 N–H and O–H groups in total. The minimum Gasteiger partial charge on any atom is -0.347 e. The molecule has 3 aromatic heterocycles. The number of aromatic nitrogens is 5. The van der Waals surface area contributed by atoms with Gasteiger partial charge in [0.05, 0.1) is 0 Å². The molecule has 3 heterocycles. The molecule has 0 aliphatic rings. The van der Waals surface area contributed by atoms with Crippen molar-refractivity contribution in [1.29, 1.82) is 0 Å². The number of carbonyl (C=O) groups is 1. The van der Waals surface area contributed by atoms with Crippen LogP contribution in [0, 0.1) is 6.92 Å². The number of rotatable bonds is 6. The fraction of sp³-hybridized carbons (Fsp3) is 0.190. The molecule has 0 aliphatic heterocycles. The van der Waals surface area contributed by atoms with Gasteiger partial charge in [-0.3, -0.25) is 9.36 Å². The lowest BCUT2D eigenvalue weighted by Gasteiger charge is -2.05. The van der Waals surface area contributed by atoms with Gasteiger partial charge in [-0.05, 0) is 36.6 Å². The molecule has 0 radical (unpaired) electrons. The number of pyridine rings is 1. The lowest BCUT2D eigenvalue weighted by atomic mass is 10.1. The van der Waals surface area contributed by atoms with Gasteiger partial charge >= 0.3 is 0 Å². The largest absolute Gasteiger partial charge is 0.347 e. The van der Waals surface area contributed by atoms with Gasteiger partial charge in [-0.1, -0.05) is 36.3 Å². The molecule has 0 fully saturated rings. The van der Waals surface area contributed by atoms with Gasteiger partial charge in [0.15, 0.2) is 5.82 Å². The summed E-state index contributed by atoms with van der Waals surface area (Å²) in [7, 11) is 0. The van der Waals surface area contributed by atoms with E-state index in [9.17, 15) is 4.79 Å². The van der Waals surface area contributed by atoms with Crippen molar-refractivity contribution in [2.45, 2.75) is 26.8 Å². The van der Waals surface area contributed by atoms with Crippen LogP contribution < -0.4 is 5.32 Å². The van der Waals surface area contributed by atoms with Gasteiger partial charge in [0.25, 0.3) is 11.8 Å². The highest BCUT2D eigenvalue weighted by Crippen LogP contribution is 2.19. The normalized spacial score (nSPS) is 10.8. The van der Waals surface area contributed by atoms with Gasteiger partial charge in [0, 0.05) is 24.5 Å². The van der Waals surface area contributed by atoms with E-state index in [1.54, 1.807) is 42.3 Å². The Morgan fingerprint density at radius 3 is 2.66 bits per heavy atom. The molecule has 0 unspecified atom stereocenters. The van der Waals surface area contributed by atoms with E-state index in [-0.39, 0.29) is 5.91 Å². The van der Waals surface area contributed by atoms with E-state index in [1.807, 2.05) is 12.1 Å². The molecule has 4 rings (SSSR count). The van der Waals surface area contributed by atoms with Crippen LogP contribution in [0.2, 0.25) is 0 Å². The van der Waals surface area contributed by atoms with E-state index in [0.29, 0.717) is 29.8 Å². The molecule has 8 nitrogen and oxygen atoms in total. The summed E-state index contributed by atoms with van der Waals surface area (Å²) in [5, 5.41) is 6.69. The van der Waals surface area contributed by atoms with Crippen LogP contribution in [-0.4, -0.2) is 30.6 Å². The summed E-state index contributed by atoms with van der Waals surface area (Å²) in [5.74, 6) is 1.33. The summed E-state index contributed by atoms with van der Waals surface area (Å²) in [4.78, 5) is 25.2. The monoisotopic (exact) mass is 388 g/mol. The second-order valence-corrected chi connectivity index (χ2v) is 6.57. The number of hydrogen-bond acceptors (Lipinski definition) is 6. The third-order valence-electron chi connectivity index (χ3n) is 4.48. The van der Waals surface area contributed by atoms with Crippen LogP contribution in [0.5, 0.6) is 0 Å². The van der Waals surface area contributed by atoms with E-state index >= 15 is 0 Å². The number of nitrogens with one attached hydrogen (secondary N) is 1. The Bertz CT molecular complexity index is 1130. The van der Waals surface area contributed by atoms with E-state index in [2.05, 4.69) is 44.5 Å². The number of imidazole rings is 1. The number of hydrogen-bond donors (Lipinski definition) is 1. The fourth-order valence-electron chi connectivity index (χ4n) is 2.84. The lowest BCUT2D eigenvalue weighted by molar-refractivity contribution is 0.0946. The predicted molar refractivity (Wildman–Crippen MR) is 106 cm³/mol. The second-order valence-electron chi connectivity index (χ2n) is 6.57. The molecule has 4 aromatic rings. The van der Waals surface area contributed by atoms with Gasteiger partial charge < -0.3 is 9.84 Å². The van der Waals surface area contributed by atoms with Crippen molar-refractivity contribution in [3.05, 3.63) is 77.8 Å². The Balaban J connectivity index is 1.45. The lowest BCUT2D eigenvalue weighted by Crippen LogP contribution is -2.23. The highest BCUT2D eigenvalue weighted by Gasteiger charge is 2.12. The van der Waals surface area contributed by atoms with Crippen molar-refractivity contribution < 1.29 is 9.32 Å². The maximum Gasteiger partial charge on any atom is 0.271 e. The topological polar surface area (TPSA) is 98.7 Å². The van der Waals surface area contributed by atoms with Gasteiger partial charge in [-0.2, -0.15) is 4.98 Å². The zero-order chi connectivity index (χ0) is 20.2. The minimum atomic E-state index is -0.244. The Morgan fingerprint density at radius 2 is 1.93 bits per heavy atom. The van der Waals surface area contributed by atoms with E-state index < -0.39 is 0 Å². The Morgan fingerprint density at radius 1 is 1.14 bits per heavy atom. The maximum absolute atomic E-state index is 12.4. The summed E-state index contributed by atoms with van der Waals surface area (Å²) in [6.45, 7) is 4.31. The average molecular weight is 388 g/mol. The second kappa shape index (κ2) is 8.05. The van der Waals surface area contributed by atoms with Crippen molar-refractivity contribution in [1.82, 2.24) is 30.0 Å². The van der Waals surface area contributed by atoms with Crippen LogP contribution >= 0.6 is 0 Å². The standard InChI is InChI=1S/C21H20N6O2/c1-3-15-4-6-16(7-5-15)11-23-20(28)18-12-27(13-24-18)19-10-17(8-9-22-19)21-25-14(2)26-29-21/h4-10,12-13H,3,11H2,1-2H3,(H,23,28). The first-order chi connectivity index (χ1) is 14.1. The third-order valence-corrected chi connectivity index (χ3v) is 4.48. The van der Waals surface area contributed by atoms with Gasteiger partial charge in [-0.25, -0.2) is 9.97 Å². The average Bonchev–Trinajstić information content (AvgIpc) is 3.42. The Kier molecular flexibility index (Phi) is 5.15. The van der Waals surface area contributed by atoms with E-state index in [1.165, 1.54) is 5.56 Å². The molecule has 146 valence electrons. The van der Waals surface area contributed by atoms with Crippen molar-refractivity contribution >= 4 is 5.91 Å². The van der Waals surface area contributed by atoms with Crippen LogP contribution in [0.4, 0.5) is 0 Å². The number of carbonyl (C=O) groups excluding carboxylic acids is 1. The molecular weight excluding hydrogens is 368 g/mol. The number of amides is 1. The number of aryl methyl sites for hydroxylation is 2. The first-order valence-corrected chi connectivity index (χ1v) is 9.29. The molecular formula is C21H20N6O2. The van der Waals surface area contributed by atoms with Crippen molar-refractivity contribution in [3.8, 4) is 17.3 Å². The van der Waals surface area contributed by atoms with Gasteiger partial charge in [0.1, 0.15) is 17.8 Å². The molecule has 8 heteroatoms. The summed E-state index contributed by atoms with van der Waals surface area (Å²) in [6.07, 6.45) is 5.83. The van der Waals surface area contributed by atoms with E-state index in [4.69, 9.17) is 4.52 Å². The summed E-state index contributed by atoms with van der Waals surface area (Å²) in [6, 6.07) is 11.8. The zero-order valence-corrected chi connectivity index (χ0v) is 16.2. The SMILES string of the molecule is CCc1ccc(CNC(=O)c2cn(-c3cc(-c4nc(C)no4)ccn3)cn2)cc1. The number of benzene rings is 1. The van der Waals surface area contributed by atoms with Crippen LogP contribution in [-0.2, 0) is 13.0 Å². The molecule has 0 spiro atoms. The summed E-state index contributed by atoms with van der Waals surface area (Å²) < 4.78 is 6.87. The predicted octanol–water partition coefficient (Wildman–Crippen LogP) is 3.12. The van der Waals surface area contributed by atoms with Crippen LogP contribution in [0.1, 0.15) is 34.4 Å². The summed E-state index contributed by atoms with van der Waals surface area (Å²) >= 11 is 0. The zero-order valence-electron chi connectivity index (χ0n) is 16.2. The Labute approximate surface area is 167 Å². The van der Waals surface area contributed by atoms with E-state index in [0.717, 1.165) is 17.5 Å². The number of nitrogens with zero attached hydrogens (tertiary/aromatic N) is 5. The quantitative estimate of drug-likeness (QED) is 0.545. The first kappa shape index (κ1) is 18.5.